The molecule has 2 rings (SSSR count). The zero-order valence-corrected chi connectivity index (χ0v) is 7.36. The molecule has 1 aliphatic carbocycles. The molecule has 0 aromatic heterocycles. The highest BCUT2D eigenvalue weighted by Gasteiger charge is 2.59. The maximum Gasteiger partial charge on any atom is 0.388 e. The predicted octanol–water partition coefficient (Wildman–Crippen LogP) is 3.09. The van der Waals surface area contributed by atoms with Crippen molar-refractivity contribution in [2.24, 2.45) is 5.92 Å². The number of allylic oxidation sites excluding steroid dienone is 1. The van der Waals surface area contributed by atoms with Crippen LogP contribution in [0.2, 0.25) is 0 Å². The monoisotopic (exact) mass is 208 g/mol. The van der Waals surface area contributed by atoms with Crippen molar-refractivity contribution >= 4 is 0 Å². The fourth-order valence-corrected chi connectivity index (χ4v) is 1.83. The summed E-state index contributed by atoms with van der Waals surface area (Å²) in [5.74, 6) is -0.599. The van der Waals surface area contributed by atoms with Crippen molar-refractivity contribution in [1.29, 1.82) is 0 Å². The van der Waals surface area contributed by atoms with Gasteiger partial charge in [0.15, 0.2) is 0 Å². The van der Waals surface area contributed by atoms with Crippen LogP contribution in [0.25, 0.3) is 0 Å². The topological polar surface area (TPSA) is 9.23 Å². The lowest BCUT2D eigenvalue weighted by molar-refractivity contribution is -0.322. The van der Waals surface area contributed by atoms with Gasteiger partial charge in [-0.1, -0.05) is 19.1 Å². The maximum absolute atomic E-state index is 13.0. The molecular formula is C9H8F4O. The molecule has 0 radical (unpaired) electrons. The van der Waals surface area contributed by atoms with Gasteiger partial charge in [-0.3, -0.25) is 0 Å². The fraction of sp³-hybridized carbons (Fsp3) is 0.556. The molecule has 0 spiro atoms. The summed E-state index contributed by atoms with van der Waals surface area (Å²) < 4.78 is 55.4. The predicted molar refractivity (Wildman–Crippen MR) is 40.9 cm³/mol. The summed E-state index contributed by atoms with van der Waals surface area (Å²) in [6.45, 7) is 1.48. The van der Waals surface area contributed by atoms with Crippen LogP contribution in [0.1, 0.15) is 13.3 Å². The van der Waals surface area contributed by atoms with E-state index < -0.39 is 29.3 Å². The molecule has 0 amide bonds. The van der Waals surface area contributed by atoms with E-state index in [4.69, 9.17) is 0 Å². The molecule has 2 aliphatic rings. The van der Waals surface area contributed by atoms with Gasteiger partial charge in [0.2, 0.25) is 0 Å². The molecule has 78 valence electrons. The number of hydrogen-bond acceptors (Lipinski definition) is 1. The van der Waals surface area contributed by atoms with E-state index in [9.17, 15) is 17.6 Å². The van der Waals surface area contributed by atoms with Crippen LogP contribution in [0.3, 0.4) is 0 Å². The molecular weight excluding hydrogens is 200 g/mol. The summed E-state index contributed by atoms with van der Waals surface area (Å²) in [4.78, 5) is 0. The lowest BCUT2D eigenvalue weighted by Gasteiger charge is -2.19. The van der Waals surface area contributed by atoms with Crippen molar-refractivity contribution in [2.75, 3.05) is 0 Å². The third-order valence-electron chi connectivity index (χ3n) is 2.44. The Hall–Kier alpha value is -0.840. The Morgan fingerprint density at radius 1 is 1.29 bits per heavy atom. The van der Waals surface area contributed by atoms with Crippen molar-refractivity contribution in [3.63, 3.8) is 0 Å². The molecule has 0 aromatic carbocycles. The maximum atomic E-state index is 13.0. The Morgan fingerprint density at radius 3 is 2.50 bits per heavy atom. The van der Waals surface area contributed by atoms with Crippen molar-refractivity contribution in [3.05, 3.63) is 23.3 Å². The zero-order valence-electron chi connectivity index (χ0n) is 7.36. The standard InChI is InChI=1S/C9H8F4O/c1-5-3-2-4-6-7(5)9(12,13)14-8(6,10)11/h2,4-5H,3H2,1H3. The molecule has 1 nitrogen and oxygen atoms in total. The minimum atomic E-state index is -3.86. The molecule has 0 fully saturated rings. The van der Waals surface area contributed by atoms with Crippen molar-refractivity contribution in [3.8, 4) is 0 Å². The molecule has 0 N–H and O–H groups in total. The number of halogens is 4. The van der Waals surface area contributed by atoms with Crippen LogP contribution in [0.5, 0.6) is 0 Å². The van der Waals surface area contributed by atoms with Crippen LogP contribution in [-0.4, -0.2) is 12.2 Å². The smallest absolute Gasteiger partial charge is 0.247 e. The quantitative estimate of drug-likeness (QED) is 0.556. The average Bonchev–Trinajstić information content (AvgIpc) is 2.18. The summed E-state index contributed by atoms with van der Waals surface area (Å²) in [6, 6.07) is 0. The summed E-state index contributed by atoms with van der Waals surface area (Å²) in [5, 5.41) is 0. The second-order valence-corrected chi connectivity index (χ2v) is 3.50. The summed E-state index contributed by atoms with van der Waals surface area (Å²) in [6.07, 6.45) is -4.86. The largest absolute Gasteiger partial charge is 0.388 e. The third kappa shape index (κ3) is 1.19. The first-order valence-electron chi connectivity index (χ1n) is 4.22. The SMILES string of the molecule is CC1CC=CC2=C1C(F)(F)OC2(F)F. The molecule has 1 aliphatic heterocycles. The summed E-state index contributed by atoms with van der Waals surface area (Å²) in [7, 11) is 0. The van der Waals surface area contributed by atoms with Crippen LogP contribution in [0.15, 0.2) is 23.3 Å². The van der Waals surface area contributed by atoms with Crippen molar-refractivity contribution < 1.29 is 22.3 Å². The van der Waals surface area contributed by atoms with Crippen LogP contribution >= 0.6 is 0 Å². The van der Waals surface area contributed by atoms with Crippen LogP contribution < -0.4 is 0 Å². The molecule has 0 saturated carbocycles. The first-order chi connectivity index (χ1) is 6.34. The number of alkyl halides is 4. The first kappa shape index (κ1) is 9.71. The molecule has 0 bridgehead atoms. The van der Waals surface area contributed by atoms with Gasteiger partial charge in [0.25, 0.3) is 0 Å². The van der Waals surface area contributed by atoms with Gasteiger partial charge in [-0.15, -0.1) is 0 Å². The second kappa shape index (κ2) is 2.59. The van der Waals surface area contributed by atoms with E-state index in [2.05, 4.69) is 4.74 Å². The van der Waals surface area contributed by atoms with E-state index >= 15 is 0 Å². The number of ether oxygens (including phenoxy) is 1. The molecule has 1 atom stereocenters. The highest BCUT2D eigenvalue weighted by Crippen LogP contribution is 2.51. The van der Waals surface area contributed by atoms with E-state index in [0.29, 0.717) is 6.42 Å². The normalized spacial score (nSPS) is 33.4. The second-order valence-electron chi connectivity index (χ2n) is 3.50. The van der Waals surface area contributed by atoms with Gasteiger partial charge in [-0.25, -0.2) is 4.74 Å². The lowest BCUT2D eigenvalue weighted by atomic mass is 9.88. The van der Waals surface area contributed by atoms with Crippen LogP contribution in [0.4, 0.5) is 17.6 Å². The van der Waals surface area contributed by atoms with Gasteiger partial charge in [-0.2, -0.15) is 17.6 Å². The van der Waals surface area contributed by atoms with Gasteiger partial charge < -0.3 is 0 Å². The Balaban J connectivity index is 2.54. The lowest BCUT2D eigenvalue weighted by Crippen LogP contribution is -2.26. The van der Waals surface area contributed by atoms with Crippen molar-refractivity contribution in [1.82, 2.24) is 0 Å². The van der Waals surface area contributed by atoms with Crippen molar-refractivity contribution in [2.45, 2.75) is 25.6 Å². The van der Waals surface area contributed by atoms with Gasteiger partial charge in [0.1, 0.15) is 0 Å². The van der Waals surface area contributed by atoms with E-state index in [1.165, 1.54) is 13.0 Å². The van der Waals surface area contributed by atoms with Gasteiger partial charge in [-0.05, 0) is 12.3 Å². The molecule has 1 unspecified atom stereocenters. The molecule has 1 heterocycles. The molecule has 5 heteroatoms. The molecule has 14 heavy (non-hydrogen) atoms. The molecule has 0 saturated heterocycles. The minimum absolute atomic E-state index is 0.341. The number of rotatable bonds is 0. The van der Waals surface area contributed by atoms with Gasteiger partial charge >= 0.3 is 12.2 Å². The van der Waals surface area contributed by atoms with E-state index in [0.717, 1.165) is 6.08 Å². The van der Waals surface area contributed by atoms with E-state index in [1.807, 2.05) is 0 Å². The highest BCUT2D eigenvalue weighted by atomic mass is 19.3. The Kier molecular flexibility index (Phi) is 1.80. The first-order valence-corrected chi connectivity index (χ1v) is 4.22. The van der Waals surface area contributed by atoms with E-state index in [1.54, 1.807) is 0 Å². The summed E-state index contributed by atoms with van der Waals surface area (Å²) in [5.41, 5.74) is -1.26. The Bertz CT molecular complexity index is 330. The highest BCUT2D eigenvalue weighted by molar-refractivity contribution is 5.41. The molecule has 0 aromatic rings. The van der Waals surface area contributed by atoms with Crippen LogP contribution in [-0.2, 0) is 4.74 Å². The van der Waals surface area contributed by atoms with Gasteiger partial charge in [0, 0.05) is 5.57 Å². The third-order valence-corrected chi connectivity index (χ3v) is 2.44. The van der Waals surface area contributed by atoms with Crippen LogP contribution in [0, 0.1) is 5.92 Å². The Morgan fingerprint density at radius 2 is 1.93 bits per heavy atom. The minimum Gasteiger partial charge on any atom is -0.247 e. The number of hydrogen-bond donors (Lipinski definition) is 0. The zero-order chi connectivity index (χ0) is 10.6. The average molecular weight is 208 g/mol. The summed E-state index contributed by atoms with van der Waals surface area (Å²) >= 11 is 0. The fourth-order valence-electron chi connectivity index (χ4n) is 1.83. The van der Waals surface area contributed by atoms with Gasteiger partial charge in [0.05, 0.1) is 5.57 Å². The van der Waals surface area contributed by atoms with E-state index in [-0.39, 0.29) is 0 Å². The Labute approximate surface area is 78.0 Å².